The average molecular weight is 1050 g/mol. The van der Waals surface area contributed by atoms with E-state index < -0.39 is 0 Å². The SMILES string of the molecule is CC(C)(C)C1=Nc2cc(C(C)(C)C)ccc2C1.CC(C)c1ccc2c(c1)N=C(C(C)(C)C)C2.CC(C)c1ccc2cc(C(C)C)[nH]c2c1.CC(C)c1ccc2cc(C(C)C)[nH]c2c1.CC(C)c1ccc2nc(C(C)C)[nH]c2c1. The summed E-state index contributed by atoms with van der Waals surface area (Å²) >= 11 is 0. The molecule has 0 amide bonds. The first-order chi connectivity index (χ1) is 36.3. The van der Waals surface area contributed by atoms with E-state index in [1.54, 1.807) is 0 Å². The molecule has 3 aromatic heterocycles. The summed E-state index contributed by atoms with van der Waals surface area (Å²) in [5, 5.41) is 2.64. The molecule has 2 aliphatic rings. The largest absolute Gasteiger partial charge is 0.358 e. The third kappa shape index (κ3) is 15.8. The van der Waals surface area contributed by atoms with Gasteiger partial charge in [-0.05, 0) is 139 Å². The van der Waals surface area contributed by atoms with E-state index in [1.165, 1.54) is 94.9 Å². The highest BCUT2D eigenvalue weighted by Gasteiger charge is 2.27. The maximum Gasteiger partial charge on any atom is 0.109 e. The van der Waals surface area contributed by atoms with Gasteiger partial charge in [0, 0.05) is 63.4 Å². The van der Waals surface area contributed by atoms with Crippen molar-refractivity contribution in [3.05, 3.63) is 159 Å². The van der Waals surface area contributed by atoms with Gasteiger partial charge in [0.2, 0.25) is 0 Å². The number of aromatic amines is 3. The molecule has 0 fully saturated rings. The Hall–Kier alpha value is -6.01. The van der Waals surface area contributed by atoms with Crippen molar-refractivity contribution in [2.45, 2.75) is 219 Å². The fourth-order valence-corrected chi connectivity index (χ4v) is 9.43. The van der Waals surface area contributed by atoms with Gasteiger partial charge in [-0.25, -0.2) is 4.98 Å². The van der Waals surface area contributed by atoms with Crippen molar-refractivity contribution in [3.63, 3.8) is 0 Å². The van der Waals surface area contributed by atoms with Crippen LogP contribution in [0.15, 0.2) is 113 Å². The molecular formula is C72H100N6. The van der Waals surface area contributed by atoms with E-state index in [0.717, 1.165) is 29.7 Å². The zero-order valence-corrected chi connectivity index (χ0v) is 52.6. The van der Waals surface area contributed by atoms with Crippen LogP contribution in [0, 0.1) is 10.8 Å². The summed E-state index contributed by atoms with van der Waals surface area (Å²) in [7, 11) is 0. The van der Waals surface area contributed by atoms with Crippen molar-refractivity contribution in [1.29, 1.82) is 0 Å². The van der Waals surface area contributed by atoms with Crippen molar-refractivity contribution >= 4 is 55.6 Å². The predicted octanol–water partition coefficient (Wildman–Crippen LogP) is 21.8. The zero-order valence-electron chi connectivity index (χ0n) is 52.6. The lowest BCUT2D eigenvalue weighted by Crippen LogP contribution is -2.19. The topological polar surface area (TPSA) is 85.0 Å². The van der Waals surface area contributed by atoms with E-state index in [4.69, 9.17) is 9.98 Å². The lowest BCUT2D eigenvalue weighted by molar-refractivity contribution is 0.584. The number of aliphatic imine (C=N–C) groups is 2. The van der Waals surface area contributed by atoms with Gasteiger partial charge in [-0.3, -0.25) is 9.98 Å². The lowest BCUT2D eigenvalue weighted by atomic mass is 9.85. The molecule has 0 spiro atoms. The molecule has 2 aliphatic heterocycles. The Morgan fingerprint density at radius 2 is 0.744 bits per heavy atom. The molecule has 6 nitrogen and oxygen atoms in total. The molecule has 10 rings (SSSR count). The summed E-state index contributed by atoms with van der Waals surface area (Å²) in [5.41, 5.74) is 22.7. The van der Waals surface area contributed by atoms with Crippen molar-refractivity contribution in [1.82, 2.24) is 19.9 Å². The van der Waals surface area contributed by atoms with Gasteiger partial charge in [-0.1, -0.05) is 214 Å². The molecular weight excluding hydrogens is 949 g/mol. The Morgan fingerprint density at radius 1 is 0.359 bits per heavy atom. The lowest BCUT2D eigenvalue weighted by Gasteiger charge is -2.19. The van der Waals surface area contributed by atoms with Gasteiger partial charge >= 0.3 is 0 Å². The molecule has 3 N–H and O–H groups in total. The molecule has 8 aromatic rings. The second kappa shape index (κ2) is 25.0. The van der Waals surface area contributed by atoms with Crippen LogP contribution in [0.4, 0.5) is 11.4 Å². The van der Waals surface area contributed by atoms with Crippen LogP contribution in [-0.4, -0.2) is 31.4 Å². The molecule has 0 bridgehead atoms. The van der Waals surface area contributed by atoms with Crippen LogP contribution in [0.3, 0.4) is 0 Å². The van der Waals surface area contributed by atoms with E-state index in [2.05, 4.69) is 282 Å². The number of H-pyrrole nitrogens is 3. The smallest absolute Gasteiger partial charge is 0.109 e. The van der Waals surface area contributed by atoms with Gasteiger partial charge in [0.25, 0.3) is 0 Å². The van der Waals surface area contributed by atoms with E-state index in [9.17, 15) is 0 Å². The van der Waals surface area contributed by atoms with Crippen LogP contribution >= 0.6 is 0 Å². The standard InChI is InChI=1S/C16H23N.C15H21N.2C14H19N.C13H18N2/c1-15(2,3)12-8-7-11-9-14(16(4,5)6)17-13(11)10-12;1-10(2)11-6-7-12-9-14(15(3,4)5)16-13(12)8-11;2*1-9(2)11-5-6-12-8-13(10(3)4)15-14(12)7-11;1-8(2)10-5-6-11-12(7-10)15-13(14-11)9(3)4/h7-8,10H,9H2,1-6H3;6-8,10H,9H2,1-5H3;2*5-10,15H,1-4H3;5-9H,1-4H3,(H,14,15). The number of rotatable bonds is 7. The first-order valence-electron chi connectivity index (χ1n) is 29.5. The second-order valence-electron chi connectivity index (χ2n) is 27.6. The number of hydrogen-bond donors (Lipinski definition) is 3. The molecule has 418 valence electrons. The van der Waals surface area contributed by atoms with E-state index >= 15 is 0 Å². The number of hydrogen-bond acceptors (Lipinski definition) is 3. The number of nitrogens with zero attached hydrogens (tertiary/aromatic N) is 3. The number of imidazole rings is 1. The molecule has 0 saturated carbocycles. The molecule has 0 radical (unpaired) electrons. The summed E-state index contributed by atoms with van der Waals surface area (Å²) in [6.07, 6.45) is 2.04. The Labute approximate surface area is 472 Å². The van der Waals surface area contributed by atoms with Gasteiger partial charge in [0.15, 0.2) is 0 Å². The summed E-state index contributed by atoms with van der Waals surface area (Å²) in [5.74, 6) is 5.02. The minimum atomic E-state index is 0.181. The van der Waals surface area contributed by atoms with Gasteiger partial charge in [0.05, 0.1) is 22.4 Å². The third-order valence-corrected chi connectivity index (χ3v) is 15.3. The quantitative estimate of drug-likeness (QED) is 0.146. The van der Waals surface area contributed by atoms with Crippen LogP contribution < -0.4 is 0 Å². The second-order valence-corrected chi connectivity index (χ2v) is 27.6. The van der Waals surface area contributed by atoms with Crippen molar-refractivity contribution in [2.24, 2.45) is 20.8 Å². The highest BCUT2D eigenvalue weighted by atomic mass is 14.9. The first kappa shape index (κ1) is 61.2. The highest BCUT2D eigenvalue weighted by Crippen LogP contribution is 2.38. The minimum absolute atomic E-state index is 0.181. The van der Waals surface area contributed by atoms with E-state index in [-0.39, 0.29) is 16.2 Å². The average Bonchev–Trinajstić information content (AvgIpc) is 4.26. The van der Waals surface area contributed by atoms with Crippen molar-refractivity contribution in [2.75, 3.05) is 0 Å². The van der Waals surface area contributed by atoms with Crippen molar-refractivity contribution in [3.8, 4) is 0 Å². The van der Waals surface area contributed by atoms with Gasteiger partial charge in [-0.2, -0.15) is 0 Å². The minimum Gasteiger partial charge on any atom is -0.358 e. The summed E-state index contributed by atoms with van der Waals surface area (Å²) < 4.78 is 0. The van der Waals surface area contributed by atoms with Crippen LogP contribution in [0.1, 0.15) is 257 Å². The molecule has 78 heavy (non-hydrogen) atoms. The molecule has 0 atom stereocenters. The summed E-state index contributed by atoms with van der Waals surface area (Å²) in [4.78, 5) is 24.5. The van der Waals surface area contributed by atoms with E-state index in [1.807, 2.05) is 0 Å². The third-order valence-electron chi connectivity index (χ3n) is 15.3. The number of fused-ring (bicyclic) bond motifs is 5. The van der Waals surface area contributed by atoms with E-state index in [0.29, 0.717) is 41.4 Å². The number of nitrogens with one attached hydrogen (secondary N) is 3. The Kier molecular flexibility index (Phi) is 19.6. The highest BCUT2D eigenvalue weighted by molar-refractivity contribution is 5.98. The molecule has 0 aliphatic carbocycles. The normalized spacial score (nSPS) is 13.4. The van der Waals surface area contributed by atoms with Gasteiger partial charge in [-0.15, -0.1) is 0 Å². The Morgan fingerprint density at radius 3 is 1.14 bits per heavy atom. The molecule has 5 aromatic carbocycles. The molecule has 0 unspecified atom stereocenters. The predicted molar refractivity (Wildman–Crippen MR) is 343 cm³/mol. The fourth-order valence-electron chi connectivity index (χ4n) is 9.43. The van der Waals surface area contributed by atoms with Crippen LogP contribution in [-0.2, 0) is 18.3 Å². The maximum atomic E-state index is 4.81. The van der Waals surface area contributed by atoms with Gasteiger partial charge in [0.1, 0.15) is 5.82 Å². The monoisotopic (exact) mass is 1050 g/mol. The van der Waals surface area contributed by atoms with Crippen molar-refractivity contribution < 1.29 is 0 Å². The molecule has 0 saturated heterocycles. The van der Waals surface area contributed by atoms with Crippen LogP contribution in [0.5, 0.6) is 0 Å². The van der Waals surface area contributed by atoms with Gasteiger partial charge < -0.3 is 15.0 Å². The number of aromatic nitrogens is 4. The number of benzene rings is 5. The Balaban J connectivity index is 0.000000158. The molecule has 6 heteroatoms. The van der Waals surface area contributed by atoms with Crippen LogP contribution in [0.2, 0.25) is 0 Å². The maximum absolute atomic E-state index is 4.81. The molecule has 5 heterocycles. The fraction of sp³-hybridized carbons (Fsp3) is 0.486. The summed E-state index contributed by atoms with van der Waals surface area (Å²) in [6.45, 7) is 51.1. The Bertz CT molecular complexity index is 3100. The first-order valence-corrected chi connectivity index (χ1v) is 29.5. The zero-order chi connectivity index (χ0) is 57.8. The summed E-state index contributed by atoms with van der Waals surface area (Å²) in [6, 6.07) is 37.9. The van der Waals surface area contributed by atoms with Crippen LogP contribution in [0.25, 0.3) is 32.8 Å².